The monoisotopic (exact) mass is 427 g/mol. The van der Waals surface area contributed by atoms with Gasteiger partial charge in [-0.1, -0.05) is 49.9 Å². The molecule has 2 heterocycles. The second-order valence-electron chi connectivity index (χ2n) is 8.56. The van der Waals surface area contributed by atoms with Gasteiger partial charge in [-0.05, 0) is 43.6 Å². The molecule has 30 heavy (non-hydrogen) atoms. The van der Waals surface area contributed by atoms with Crippen LogP contribution in [0, 0.1) is 13.8 Å². The number of carbonyl (C=O) groups is 1. The molecule has 162 valence electrons. The van der Waals surface area contributed by atoms with Crippen LogP contribution in [0.25, 0.3) is 0 Å². The van der Waals surface area contributed by atoms with Crippen LogP contribution >= 0.6 is 11.8 Å². The van der Waals surface area contributed by atoms with E-state index in [1.807, 2.05) is 25.0 Å². The average molecular weight is 428 g/mol. The molecule has 1 amide bonds. The van der Waals surface area contributed by atoms with Gasteiger partial charge in [-0.2, -0.15) is 0 Å². The molecule has 1 aliphatic heterocycles. The van der Waals surface area contributed by atoms with Gasteiger partial charge in [0.15, 0.2) is 5.16 Å². The number of carbonyl (C=O) groups excluding carboxylic acids is 1. The Morgan fingerprint density at radius 2 is 1.70 bits per heavy atom. The molecule has 0 bridgehead atoms. The predicted octanol–water partition coefficient (Wildman–Crippen LogP) is 2.80. The smallest absolute Gasteiger partial charge is 0.223 e. The lowest BCUT2D eigenvalue weighted by molar-refractivity contribution is -0.917. The molecule has 6 heteroatoms. The molecule has 2 aromatic rings. The number of piperazine rings is 1. The number of hydrogen-bond acceptors (Lipinski definition) is 4. The maximum absolute atomic E-state index is 12.8. The Hall–Kier alpha value is -1.92. The third-order valence-corrected chi connectivity index (χ3v) is 6.64. The lowest BCUT2D eigenvalue weighted by Gasteiger charge is -2.32. The van der Waals surface area contributed by atoms with E-state index in [0.29, 0.717) is 12.3 Å². The van der Waals surface area contributed by atoms with Gasteiger partial charge in [0.1, 0.15) is 6.54 Å². The zero-order chi connectivity index (χ0) is 21.7. The Labute approximate surface area is 185 Å². The summed E-state index contributed by atoms with van der Waals surface area (Å²) in [5.74, 6) is 0.826. The first-order valence-electron chi connectivity index (χ1n) is 11.0. The molecule has 0 atom stereocenters. The first-order valence-corrected chi connectivity index (χ1v) is 12.2. The minimum atomic E-state index is 0.253. The van der Waals surface area contributed by atoms with Crippen LogP contribution in [0.4, 0.5) is 0 Å². The van der Waals surface area contributed by atoms with Crippen molar-refractivity contribution in [1.82, 2.24) is 14.9 Å². The second-order valence-corrected chi connectivity index (χ2v) is 9.34. The highest BCUT2D eigenvalue weighted by molar-refractivity contribution is 7.98. The van der Waals surface area contributed by atoms with E-state index in [-0.39, 0.29) is 5.91 Å². The maximum Gasteiger partial charge on any atom is 0.223 e. The number of rotatable bonds is 7. The molecular weight excluding hydrogens is 392 g/mol. The summed E-state index contributed by atoms with van der Waals surface area (Å²) in [6.07, 6.45) is 3.25. The van der Waals surface area contributed by atoms with Crippen LogP contribution in [0.1, 0.15) is 54.3 Å². The molecule has 1 N–H and O–H groups in total. The van der Waals surface area contributed by atoms with Gasteiger partial charge in [0, 0.05) is 23.4 Å². The molecule has 0 unspecified atom stereocenters. The van der Waals surface area contributed by atoms with Crippen molar-refractivity contribution in [3.05, 3.63) is 52.3 Å². The lowest BCUT2D eigenvalue weighted by Crippen LogP contribution is -3.13. The van der Waals surface area contributed by atoms with Gasteiger partial charge in [-0.25, -0.2) is 9.97 Å². The molecule has 5 nitrogen and oxygen atoms in total. The van der Waals surface area contributed by atoms with Crippen LogP contribution in [0.15, 0.2) is 29.4 Å². The van der Waals surface area contributed by atoms with E-state index < -0.39 is 0 Å². The minimum Gasteiger partial charge on any atom is -0.331 e. The third kappa shape index (κ3) is 5.82. The third-order valence-electron chi connectivity index (χ3n) is 6.10. The summed E-state index contributed by atoms with van der Waals surface area (Å²) in [7, 11) is 0. The summed E-state index contributed by atoms with van der Waals surface area (Å²) in [6, 6.07) is 9.01. The summed E-state index contributed by atoms with van der Waals surface area (Å²) in [4.78, 5) is 25.4. The molecule has 1 aromatic carbocycles. The summed E-state index contributed by atoms with van der Waals surface area (Å²) in [6.45, 7) is 13.3. The van der Waals surface area contributed by atoms with Gasteiger partial charge < -0.3 is 9.80 Å². The fourth-order valence-corrected chi connectivity index (χ4v) is 4.57. The van der Waals surface area contributed by atoms with Gasteiger partial charge in [0.2, 0.25) is 5.91 Å². The highest BCUT2D eigenvalue weighted by atomic mass is 32.2. The Morgan fingerprint density at radius 3 is 2.23 bits per heavy atom. The molecule has 0 spiro atoms. The topological polar surface area (TPSA) is 50.5 Å². The SMILES string of the molecule is CSc1nc(C)c(CCC(=O)N2CC[NH+](Cc3ccc(C(C)C)cc3)CC2)c(C)n1. The molecule has 1 aromatic heterocycles. The number of thioether (sulfide) groups is 1. The summed E-state index contributed by atoms with van der Waals surface area (Å²) < 4.78 is 0. The Morgan fingerprint density at radius 1 is 1.10 bits per heavy atom. The summed E-state index contributed by atoms with van der Waals surface area (Å²) >= 11 is 1.56. The predicted molar refractivity (Wildman–Crippen MR) is 123 cm³/mol. The number of quaternary nitrogens is 1. The van der Waals surface area contributed by atoms with Crippen molar-refractivity contribution < 1.29 is 9.69 Å². The van der Waals surface area contributed by atoms with Crippen molar-refractivity contribution >= 4 is 17.7 Å². The second kappa shape index (κ2) is 10.4. The van der Waals surface area contributed by atoms with E-state index in [9.17, 15) is 4.79 Å². The molecule has 0 saturated carbocycles. The normalized spacial score (nSPS) is 15.1. The number of aromatic nitrogens is 2. The minimum absolute atomic E-state index is 0.253. The van der Waals surface area contributed by atoms with Crippen molar-refractivity contribution in [3.63, 3.8) is 0 Å². The molecule has 3 rings (SSSR count). The van der Waals surface area contributed by atoms with E-state index >= 15 is 0 Å². The summed E-state index contributed by atoms with van der Waals surface area (Å²) in [5.41, 5.74) is 5.89. The number of benzene rings is 1. The molecular formula is C24H35N4OS+. The summed E-state index contributed by atoms with van der Waals surface area (Å²) in [5, 5.41) is 0.804. The largest absolute Gasteiger partial charge is 0.331 e. The van der Waals surface area contributed by atoms with Crippen molar-refractivity contribution in [2.24, 2.45) is 0 Å². The van der Waals surface area contributed by atoms with Crippen LogP contribution in [0.3, 0.4) is 0 Å². The van der Waals surface area contributed by atoms with Crippen LogP contribution in [-0.4, -0.2) is 53.2 Å². The van der Waals surface area contributed by atoms with E-state index in [1.54, 1.807) is 16.7 Å². The van der Waals surface area contributed by atoms with E-state index in [0.717, 1.165) is 61.3 Å². The number of aryl methyl sites for hydroxylation is 2. The highest BCUT2D eigenvalue weighted by Crippen LogP contribution is 2.18. The molecule has 0 aliphatic carbocycles. The van der Waals surface area contributed by atoms with Crippen molar-refractivity contribution in [2.45, 2.75) is 58.2 Å². The molecule has 0 radical (unpaired) electrons. The number of amides is 1. The van der Waals surface area contributed by atoms with Crippen LogP contribution < -0.4 is 4.90 Å². The maximum atomic E-state index is 12.8. The molecule has 1 saturated heterocycles. The van der Waals surface area contributed by atoms with E-state index in [2.05, 4.69) is 48.1 Å². The van der Waals surface area contributed by atoms with Crippen molar-refractivity contribution in [1.29, 1.82) is 0 Å². The number of nitrogens with one attached hydrogen (secondary N) is 1. The van der Waals surface area contributed by atoms with Crippen molar-refractivity contribution in [3.8, 4) is 0 Å². The van der Waals surface area contributed by atoms with Crippen LogP contribution in [0.2, 0.25) is 0 Å². The Balaban J connectivity index is 1.47. The first-order chi connectivity index (χ1) is 14.4. The number of hydrogen-bond donors (Lipinski definition) is 1. The van der Waals surface area contributed by atoms with Crippen molar-refractivity contribution in [2.75, 3.05) is 32.4 Å². The zero-order valence-electron chi connectivity index (χ0n) is 19.0. The van der Waals surface area contributed by atoms with Crippen LogP contribution in [0.5, 0.6) is 0 Å². The highest BCUT2D eigenvalue weighted by Gasteiger charge is 2.24. The first kappa shape index (κ1) is 22.8. The zero-order valence-corrected chi connectivity index (χ0v) is 19.8. The number of nitrogens with zero attached hydrogens (tertiary/aromatic N) is 3. The fourth-order valence-electron chi connectivity index (χ4n) is 4.11. The van der Waals surface area contributed by atoms with Gasteiger partial charge in [-0.3, -0.25) is 4.79 Å². The lowest BCUT2D eigenvalue weighted by atomic mass is 10.0. The Bertz CT molecular complexity index is 835. The van der Waals surface area contributed by atoms with Gasteiger partial charge >= 0.3 is 0 Å². The van der Waals surface area contributed by atoms with Crippen LogP contribution in [-0.2, 0) is 17.8 Å². The standard InChI is InChI=1S/C24H34N4OS/c1-17(2)21-8-6-20(7-9-21)16-27-12-14-28(15-13-27)23(29)11-10-22-18(3)25-24(30-5)26-19(22)4/h6-9,17H,10-16H2,1-5H3/p+1. The van der Waals surface area contributed by atoms with E-state index in [1.165, 1.54) is 11.1 Å². The van der Waals surface area contributed by atoms with E-state index in [4.69, 9.17) is 0 Å². The Kier molecular flexibility index (Phi) is 7.89. The average Bonchev–Trinajstić information content (AvgIpc) is 2.73. The van der Waals surface area contributed by atoms with Gasteiger partial charge in [0.25, 0.3) is 0 Å². The molecule has 1 aliphatic rings. The van der Waals surface area contributed by atoms with Gasteiger partial charge in [0.05, 0.1) is 26.2 Å². The molecule has 1 fully saturated rings. The quantitative estimate of drug-likeness (QED) is 0.545. The van der Waals surface area contributed by atoms with Gasteiger partial charge in [-0.15, -0.1) is 0 Å². The fraction of sp³-hybridized carbons (Fsp3) is 0.542.